The Balaban J connectivity index is 1.56. The van der Waals surface area contributed by atoms with Crippen LogP contribution in [-0.2, 0) is 23.2 Å². The zero-order valence-electron chi connectivity index (χ0n) is 20.5. The molecule has 0 bridgehead atoms. The van der Waals surface area contributed by atoms with Crippen LogP contribution in [0, 0.1) is 17.2 Å². The van der Waals surface area contributed by atoms with E-state index in [0.29, 0.717) is 33.8 Å². The van der Waals surface area contributed by atoms with Crippen LogP contribution in [0.5, 0.6) is 0 Å². The maximum absolute atomic E-state index is 13.5. The van der Waals surface area contributed by atoms with Crippen molar-refractivity contribution in [2.24, 2.45) is 13.0 Å². The minimum Gasteiger partial charge on any atom is -0.481 e. The lowest BCUT2D eigenvalue weighted by Crippen LogP contribution is -2.23. The van der Waals surface area contributed by atoms with Crippen LogP contribution < -0.4 is 0 Å². The van der Waals surface area contributed by atoms with E-state index in [1.165, 1.54) is 6.20 Å². The van der Waals surface area contributed by atoms with E-state index in [4.69, 9.17) is 21.4 Å². The molecule has 8 heteroatoms. The molecule has 3 aromatic rings. The quantitative estimate of drug-likeness (QED) is 0.355. The van der Waals surface area contributed by atoms with E-state index in [1.54, 1.807) is 13.0 Å². The van der Waals surface area contributed by atoms with Crippen molar-refractivity contribution in [1.29, 1.82) is 5.26 Å². The first-order chi connectivity index (χ1) is 17.3. The van der Waals surface area contributed by atoms with E-state index in [-0.39, 0.29) is 36.6 Å². The fraction of sp³-hybridized carbons (Fsp3) is 0.429. The van der Waals surface area contributed by atoms with Crippen molar-refractivity contribution in [1.82, 2.24) is 9.55 Å². The molecule has 188 valence electrons. The number of ether oxygens (including phenoxy) is 1. The lowest BCUT2D eigenvalue weighted by molar-refractivity contribution is -0.137. The molecule has 1 aliphatic rings. The Hall–Kier alpha value is -3.21. The molecule has 0 radical (unpaired) electrons. The first kappa shape index (κ1) is 25.9. The highest BCUT2D eigenvalue weighted by Crippen LogP contribution is 2.40. The smallest absolute Gasteiger partial charge is 0.303 e. The summed E-state index contributed by atoms with van der Waals surface area (Å²) in [5.41, 5.74) is 3.61. The van der Waals surface area contributed by atoms with E-state index in [9.17, 15) is 14.9 Å². The van der Waals surface area contributed by atoms with Gasteiger partial charge in [0.15, 0.2) is 5.78 Å². The van der Waals surface area contributed by atoms with Crippen molar-refractivity contribution in [3.05, 3.63) is 63.9 Å². The first-order valence-corrected chi connectivity index (χ1v) is 12.6. The molecular weight excluding hydrogens is 478 g/mol. The van der Waals surface area contributed by atoms with Gasteiger partial charge in [0.1, 0.15) is 11.7 Å². The number of carboxylic acids is 1. The van der Waals surface area contributed by atoms with Crippen LogP contribution in [-0.4, -0.2) is 32.5 Å². The van der Waals surface area contributed by atoms with Gasteiger partial charge >= 0.3 is 5.97 Å². The average molecular weight is 508 g/mol. The Morgan fingerprint density at radius 2 is 2.00 bits per heavy atom. The molecule has 0 aliphatic heterocycles. The molecule has 0 amide bonds. The predicted molar refractivity (Wildman–Crippen MR) is 137 cm³/mol. The molecule has 1 atom stereocenters. The zero-order valence-corrected chi connectivity index (χ0v) is 21.3. The fourth-order valence-electron chi connectivity index (χ4n) is 5.29. The number of fused-ring (bicyclic) bond motifs is 1. The molecule has 36 heavy (non-hydrogen) atoms. The van der Waals surface area contributed by atoms with Crippen LogP contribution in [0.4, 0.5) is 0 Å². The predicted octanol–water partition coefficient (Wildman–Crippen LogP) is 6.02. The van der Waals surface area contributed by atoms with Crippen molar-refractivity contribution in [3.63, 3.8) is 0 Å². The number of carboxylic acid groups (broad SMARTS) is 1. The highest BCUT2D eigenvalue weighted by atomic mass is 35.5. The van der Waals surface area contributed by atoms with Gasteiger partial charge in [-0.25, -0.2) is 4.98 Å². The molecule has 4 rings (SSSR count). The summed E-state index contributed by atoms with van der Waals surface area (Å²) in [4.78, 5) is 29.2. The third kappa shape index (κ3) is 5.77. The second-order valence-electron chi connectivity index (χ2n) is 9.77. The number of Topliss-reactive ketones (excluding diaryl/α,β-unsaturated/α-hetero) is 1. The van der Waals surface area contributed by atoms with E-state index >= 15 is 0 Å². The SMILES string of the molecule is C[C@H](CC(=O)O)CC(=O)c1c2cc(C#N)cnc2n(C)c1[C@H]1CC[C@@H](OCc2cccc(Cl)c2)CC1. The van der Waals surface area contributed by atoms with Gasteiger partial charge in [-0.15, -0.1) is 0 Å². The highest BCUT2D eigenvalue weighted by Gasteiger charge is 2.31. The number of rotatable bonds is 9. The number of carbonyl (C=O) groups excluding carboxylic acids is 1. The summed E-state index contributed by atoms with van der Waals surface area (Å²) in [6, 6.07) is 11.5. The minimum absolute atomic E-state index is 0.0669. The van der Waals surface area contributed by atoms with Crippen molar-refractivity contribution < 1.29 is 19.4 Å². The van der Waals surface area contributed by atoms with E-state index in [1.807, 2.05) is 35.9 Å². The molecule has 2 heterocycles. The second kappa shape index (κ2) is 11.2. The lowest BCUT2D eigenvalue weighted by atomic mass is 9.82. The average Bonchev–Trinajstić information content (AvgIpc) is 3.14. The van der Waals surface area contributed by atoms with Gasteiger partial charge in [-0.3, -0.25) is 9.59 Å². The number of carbonyl (C=O) groups is 2. The summed E-state index contributed by atoms with van der Waals surface area (Å²) in [6.07, 6.45) is 5.18. The van der Waals surface area contributed by atoms with Crippen molar-refractivity contribution in [2.45, 2.75) is 64.1 Å². The number of nitriles is 1. The number of hydrogen-bond donors (Lipinski definition) is 1. The van der Waals surface area contributed by atoms with Crippen LogP contribution in [0.2, 0.25) is 5.02 Å². The van der Waals surface area contributed by atoms with Gasteiger partial charge in [0, 0.05) is 53.7 Å². The van der Waals surface area contributed by atoms with Gasteiger partial charge in [0.05, 0.1) is 18.3 Å². The summed E-state index contributed by atoms with van der Waals surface area (Å²) in [5.74, 6) is -1.16. The van der Waals surface area contributed by atoms with Gasteiger partial charge in [-0.2, -0.15) is 5.26 Å². The maximum Gasteiger partial charge on any atom is 0.303 e. The van der Waals surface area contributed by atoms with Crippen molar-refractivity contribution >= 4 is 34.4 Å². The molecule has 0 saturated heterocycles. The van der Waals surface area contributed by atoms with Gasteiger partial charge in [0.25, 0.3) is 0 Å². The molecule has 7 nitrogen and oxygen atoms in total. The van der Waals surface area contributed by atoms with E-state index in [0.717, 1.165) is 36.9 Å². The summed E-state index contributed by atoms with van der Waals surface area (Å²) >= 11 is 6.08. The number of pyridine rings is 1. The van der Waals surface area contributed by atoms with Gasteiger partial charge in [-0.05, 0) is 55.4 Å². The molecule has 0 spiro atoms. The zero-order chi connectivity index (χ0) is 25.8. The molecule has 1 saturated carbocycles. The monoisotopic (exact) mass is 507 g/mol. The molecule has 2 aromatic heterocycles. The summed E-state index contributed by atoms with van der Waals surface area (Å²) in [7, 11) is 1.91. The van der Waals surface area contributed by atoms with Crippen molar-refractivity contribution in [2.75, 3.05) is 0 Å². The second-order valence-corrected chi connectivity index (χ2v) is 10.2. The Morgan fingerprint density at radius 1 is 1.25 bits per heavy atom. The third-order valence-corrected chi connectivity index (χ3v) is 7.21. The van der Waals surface area contributed by atoms with Gasteiger partial charge in [0.2, 0.25) is 0 Å². The van der Waals surface area contributed by atoms with Crippen LogP contribution in [0.3, 0.4) is 0 Å². The maximum atomic E-state index is 13.5. The van der Waals surface area contributed by atoms with Crippen molar-refractivity contribution in [3.8, 4) is 6.07 Å². The standard InChI is InChI=1S/C28H30ClN3O4/c1-17(11-25(34)35)10-24(33)26-23-13-19(14-30)15-31-28(23)32(2)27(26)20-6-8-22(9-7-20)36-16-18-4-3-5-21(29)12-18/h3-5,12-13,15,17,20,22H,6-11,16H2,1-2H3,(H,34,35)/t17-,20-,22+/m0/s1. The first-order valence-electron chi connectivity index (χ1n) is 12.3. The van der Waals surface area contributed by atoms with Crippen LogP contribution >= 0.6 is 11.6 Å². The minimum atomic E-state index is -0.919. The number of benzene rings is 1. The summed E-state index contributed by atoms with van der Waals surface area (Å²) in [6.45, 7) is 2.29. The van der Waals surface area contributed by atoms with Crippen LogP contribution in [0.15, 0.2) is 36.5 Å². The number of ketones is 1. The number of hydrogen-bond acceptors (Lipinski definition) is 5. The summed E-state index contributed by atoms with van der Waals surface area (Å²) in [5, 5.41) is 19.9. The number of aryl methyl sites for hydroxylation is 1. The van der Waals surface area contributed by atoms with Crippen LogP contribution in [0.1, 0.15) is 78.5 Å². The molecular formula is C28H30ClN3O4. The molecule has 1 fully saturated rings. The summed E-state index contributed by atoms with van der Waals surface area (Å²) < 4.78 is 8.13. The number of aromatic nitrogens is 2. The topological polar surface area (TPSA) is 105 Å². The molecule has 1 aliphatic carbocycles. The lowest BCUT2D eigenvalue weighted by Gasteiger charge is -2.30. The largest absolute Gasteiger partial charge is 0.481 e. The number of aliphatic carboxylic acids is 1. The normalized spacial score (nSPS) is 18.6. The molecule has 0 unspecified atom stereocenters. The number of halogens is 1. The highest BCUT2D eigenvalue weighted by molar-refractivity contribution is 6.30. The van der Waals surface area contributed by atoms with E-state index < -0.39 is 5.97 Å². The molecule has 1 aromatic carbocycles. The fourth-order valence-corrected chi connectivity index (χ4v) is 5.51. The third-order valence-electron chi connectivity index (χ3n) is 6.97. The van der Waals surface area contributed by atoms with Crippen LogP contribution in [0.25, 0.3) is 11.0 Å². The van der Waals surface area contributed by atoms with E-state index in [2.05, 4.69) is 11.1 Å². The number of nitrogens with zero attached hydrogens (tertiary/aromatic N) is 3. The molecule has 1 N–H and O–H groups in total. The Kier molecular flexibility index (Phi) is 8.07. The van der Waals surface area contributed by atoms with Gasteiger partial charge in [-0.1, -0.05) is 30.7 Å². The Morgan fingerprint density at radius 3 is 2.67 bits per heavy atom. The Bertz CT molecular complexity index is 1320. The Labute approximate surface area is 215 Å². The van der Waals surface area contributed by atoms with Gasteiger partial charge < -0.3 is 14.4 Å².